The Balaban J connectivity index is 1.81. The fraction of sp³-hybridized carbons (Fsp3) is 0.733. The Labute approximate surface area is 126 Å². The Morgan fingerprint density at radius 3 is 2.81 bits per heavy atom. The summed E-state index contributed by atoms with van der Waals surface area (Å²) < 4.78 is 7.25. The fourth-order valence-corrected chi connectivity index (χ4v) is 2.31. The summed E-state index contributed by atoms with van der Waals surface area (Å²) in [6.45, 7) is 9.46. The standard InChI is InChI=1S/C15H26N4O2/c1-4-12(2)19-6-5-14(17-19)11-16-13(3)15(20)18-7-9-21-10-8-18/h5-6,12-13,16H,4,7-11H2,1-3H3. The minimum absolute atomic E-state index is 0.139. The summed E-state index contributed by atoms with van der Waals surface area (Å²) >= 11 is 0. The van der Waals surface area contributed by atoms with Crippen LogP contribution >= 0.6 is 0 Å². The summed E-state index contributed by atoms with van der Waals surface area (Å²) in [6, 6.07) is 2.22. The number of amides is 1. The van der Waals surface area contributed by atoms with Crippen molar-refractivity contribution in [2.75, 3.05) is 26.3 Å². The van der Waals surface area contributed by atoms with Gasteiger partial charge in [0, 0.05) is 31.9 Å². The Morgan fingerprint density at radius 2 is 2.14 bits per heavy atom. The molecule has 2 heterocycles. The average molecular weight is 294 g/mol. The molecule has 2 rings (SSSR count). The third-order valence-electron chi connectivity index (χ3n) is 3.99. The van der Waals surface area contributed by atoms with Crippen LogP contribution in [0, 0.1) is 0 Å². The third kappa shape index (κ3) is 4.28. The molecule has 2 unspecified atom stereocenters. The molecule has 1 aliphatic rings. The normalized spacial score (nSPS) is 18.5. The van der Waals surface area contributed by atoms with Crippen molar-refractivity contribution in [2.45, 2.75) is 45.8 Å². The molecule has 0 aliphatic carbocycles. The van der Waals surface area contributed by atoms with E-state index in [1.54, 1.807) is 0 Å². The van der Waals surface area contributed by atoms with Crippen LogP contribution < -0.4 is 5.32 Å². The number of carbonyl (C=O) groups is 1. The van der Waals surface area contributed by atoms with E-state index in [4.69, 9.17) is 4.74 Å². The highest BCUT2D eigenvalue weighted by atomic mass is 16.5. The van der Waals surface area contributed by atoms with Gasteiger partial charge in [0.25, 0.3) is 0 Å². The predicted octanol–water partition coefficient (Wildman–Crippen LogP) is 1.19. The van der Waals surface area contributed by atoms with Crippen molar-refractivity contribution in [3.63, 3.8) is 0 Å². The van der Waals surface area contributed by atoms with Crippen molar-refractivity contribution in [1.29, 1.82) is 0 Å². The van der Waals surface area contributed by atoms with Crippen LogP contribution in [-0.4, -0.2) is 52.9 Å². The first-order valence-corrected chi connectivity index (χ1v) is 7.75. The summed E-state index contributed by atoms with van der Waals surface area (Å²) in [4.78, 5) is 14.1. The van der Waals surface area contributed by atoms with Gasteiger partial charge in [0.15, 0.2) is 0 Å². The number of aromatic nitrogens is 2. The Morgan fingerprint density at radius 1 is 1.43 bits per heavy atom. The largest absolute Gasteiger partial charge is 0.378 e. The van der Waals surface area contributed by atoms with Crippen LogP contribution in [0.3, 0.4) is 0 Å². The topological polar surface area (TPSA) is 59.4 Å². The van der Waals surface area contributed by atoms with Gasteiger partial charge in [-0.05, 0) is 26.3 Å². The molecule has 1 N–H and O–H groups in total. The molecule has 0 saturated carbocycles. The van der Waals surface area contributed by atoms with Crippen molar-refractivity contribution < 1.29 is 9.53 Å². The number of rotatable bonds is 6. The highest BCUT2D eigenvalue weighted by molar-refractivity contribution is 5.81. The second-order valence-electron chi connectivity index (χ2n) is 5.58. The molecular formula is C15H26N4O2. The van der Waals surface area contributed by atoms with Crippen molar-refractivity contribution in [3.8, 4) is 0 Å². The van der Waals surface area contributed by atoms with Crippen LogP contribution in [0.4, 0.5) is 0 Å². The van der Waals surface area contributed by atoms with Gasteiger partial charge in [-0.3, -0.25) is 9.48 Å². The lowest BCUT2D eigenvalue weighted by molar-refractivity contribution is -0.137. The number of ether oxygens (including phenoxy) is 1. The third-order valence-corrected chi connectivity index (χ3v) is 3.99. The summed E-state index contributed by atoms with van der Waals surface area (Å²) in [7, 11) is 0. The summed E-state index contributed by atoms with van der Waals surface area (Å²) in [5, 5.41) is 7.79. The van der Waals surface area contributed by atoms with E-state index < -0.39 is 0 Å². The number of carbonyl (C=O) groups excluding carboxylic acids is 1. The van der Waals surface area contributed by atoms with Crippen LogP contribution in [-0.2, 0) is 16.1 Å². The molecule has 1 amide bonds. The van der Waals surface area contributed by atoms with E-state index in [2.05, 4.69) is 24.3 Å². The first-order valence-electron chi connectivity index (χ1n) is 7.75. The Bertz CT molecular complexity index is 454. The molecule has 118 valence electrons. The summed E-state index contributed by atoms with van der Waals surface area (Å²) in [6.07, 6.45) is 3.06. The summed E-state index contributed by atoms with van der Waals surface area (Å²) in [5.41, 5.74) is 0.969. The highest BCUT2D eigenvalue weighted by Gasteiger charge is 2.22. The van der Waals surface area contributed by atoms with Gasteiger partial charge in [0.05, 0.1) is 24.9 Å². The Hall–Kier alpha value is -1.40. The molecule has 6 nitrogen and oxygen atoms in total. The number of nitrogens with one attached hydrogen (secondary N) is 1. The second kappa shape index (κ2) is 7.56. The molecule has 1 fully saturated rings. The van der Waals surface area contributed by atoms with E-state index >= 15 is 0 Å². The predicted molar refractivity (Wildman–Crippen MR) is 80.9 cm³/mol. The van der Waals surface area contributed by atoms with Gasteiger partial charge in [-0.2, -0.15) is 5.10 Å². The molecule has 1 saturated heterocycles. The van der Waals surface area contributed by atoms with E-state index in [-0.39, 0.29) is 11.9 Å². The van der Waals surface area contributed by atoms with Gasteiger partial charge in [-0.25, -0.2) is 0 Å². The highest BCUT2D eigenvalue weighted by Crippen LogP contribution is 2.09. The van der Waals surface area contributed by atoms with Crippen LogP contribution in [0.5, 0.6) is 0 Å². The molecule has 6 heteroatoms. The molecule has 1 aromatic rings. The smallest absolute Gasteiger partial charge is 0.239 e. The molecule has 1 aliphatic heterocycles. The first-order chi connectivity index (χ1) is 10.1. The lowest BCUT2D eigenvalue weighted by Crippen LogP contribution is -2.49. The fourth-order valence-electron chi connectivity index (χ4n) is 2.31. The lowest BCUT2D eigenvalue weighted by atomic mass is 10.2. The number of hydrogen-bond acceptors (Lipinski definition) is 4. The second-order valence-corrected chi connectivity index (χ2v) is 5.58. The minimum Gasteiger partial charge on any atom is -0.378 e. The van der Waals surface area contributed by atoms with Crippen molar-refractivity contribution >= 4 is 5.91 Å². The average Bonchev–Trinajstić information content (AvgIpc) is 3.01. The van der Waals surface area contributed by atoms with E-state index in [0.29, 0.717) is 38.9 Å². The van der Waals surface area contributed by atoms with Crippen LogP contribution in [0.25, 0.3) is 0 Å². The van der Waals surface area contributed by atoms with Crippen molar-refractivity contribution in [3.05, 3.63) is 18.0 Å². The molecule has 21 heavy (non-hydrogen) atoms. The van der Waals surface area contributed by atoms with E-state index in [1.165, 1.54) is 0 Å². The molecule has 0 radical (unpaired) electrons. The molecular weight excluding hydrogens is 268 g/mol. The van der Waals surface area contributed by atoms with E-state index in [1.807, 2.05) is 28.8 Å². The lowest BCUT2D eigenvalue weighted by Gasteiger charge is -2.29. The van der Waals surface area contributed by atoms with Gasteiger partial charge in [0.2, 0.25) is 5.91 Å². The van der Waals surface area contributed by atoms with E-state index in [0.717, 1.165) is 12.1 Å². The maximum atomic E-state index is 12.3. The van der Waals surface area contributed by atoms with Gasteiger partial charge >= 0.3 is 0 Å². The van der Waals surface area contributed by atoms with Crippen LogP contribution in [0.15, 0.2) is 12.3 Å². The SMILES string of the molecule is CCC(C)n1ccc(CNC(C)C(=O)N2CCOCC2)n1. The molecule has 0 aromatic carbocycles. The Kier molecular flexibility index (Phi) is 5.76. The van der Waals surface area contributed by atoms with Gasteiger partial charge in [-0.15, -0.1) is 0 Å². The van der Waals surface area contributed by atoms with Gasteiger partial charge in [0.1, 0.15) is 0 Å². The zero-order valence-electron chi connectivity index (χ0n) is 13.2. The van der Waals surface area contributed by atoms with Crippen LogP contribution in [0.1, 0.15) is 38.9 Å². The van der Waals surface area contributed by atoms with Gasteiger partial charge in [-0.1, -0.05) is 6.92 Å². The quantitative estimate of drug-likeness (QED) is 0.856. The van der Waals surface area contributed by atoms with E-state index in [9.17, 15) is 4.79 Å². The number of hydrogen-bond donors (Lipinski definition) is 1. The zero-order chi connectivity index (χ0) is 15.2. The van der Waals surface area contributed by atoms with Crippen molar-refractivity contribution in [1.82, 2.24) is 20.0 Å². The molecule has 1 aromatic heterocycles. The number of morpholine rings is 1. The molecule has 0 bridgehead atoms. The van der Waals surface area contributed by atoms with Crippen LogP contribution in [0.2, 0.25) is 0 Å². The monoisotopic (exact) mass is 294 g/mol. The summed E-state index contributed by atoms with van der Waals surface area (Å²) in [5.74, 6) is 0.139. The molecule has 0 spiro atoms. The first kappa shape index (κ1) is 16.0. The van der Waals surface area contributed by atoms with Gasteiger partial charge < -0.3 is 15.0 Å². The van der Waals surface area contributed by atoms with Crippen molar-refractivity contribution in [2.24, 2.45) is 0 Å². The number of nitrogens with zero attached hydrogens (tertiary/aromatic N) is 3. The maximum absolute atomic E-state index is 12.3. The zero-order valence-corrected chi connectivity index (χ0v) is 13.2. The minimum atomic E-state index is -0.197. The maximum Gasteiger partial charge on any atom is 0.239 e. The molecule has 2 atom stereocenters.